The molecular weight excluding hydrogens is 410 g/mol. The summed E-state index contributed by atoms with van der Waals surface area (Å²) >= 11 is 0. The molecule has 170 valence electrons. The van der Waals surface area contributed by atoms with Crippen LogP contribution in [0, 0.1) is 13.8 Å². The van der Waals surface area contributed by atoms with E-state index in [0.29, 0.717) is 35.0 Å². The zero-order valence-corrected chi connectivity index (χ0v) is 19.4. The highest BCUT2D eigenvalue weighted by Gasteiger charge is 2.24. The van der Waals surface area contributed by atoms with E-state index in [1.54, 1.807) is 27.3 Å². The van der Waals surface area contributed by atoms with Crippen LogP contribution in [-0.4, -0.2) is 37.3 Å². The summed E-state index contributed by atoms with van der Waals surface area (Å²) in [4.78, 5) is 31.1. The second-order valence-corrected chi connectivity index (χ2v) is 7.97. The Morgan fingerprint density at radius 1 is 1.03 bits per heavy atom. The number of aromatic nitrogens is 5. The van der Waals surface area contributed by atoms with Crippen LogP contribution in [0.5, 0.6) is 11.5 Å². The van der Waals surface area contributed by atoms with Gasteiger partial charge in [0.2, 0.25) is 5.78 Å². The zero-order chi connectivity index (χ0) is 23.2. The van der Waals surface area contributed by atoms with Crippen LogP contribution in [0.2, 0.25) is 0 Å². The minimum atomic E-state index is -0.345. The van der Waals surface area contributed by atoms with Gasteiger partial charge in [0, 0.05) is 31.0 Å². The molecule has 0 aliphatic heterocycles. The third-order valence-electron chi connectivity index (χ3n) is 6.13. The van der Waals surface area contributed by atoms with Gasteiger partial charge in [0.05, 0.1) is 19.9 Å². The van der Waals surface area contributed by atoms with E-state index in [1.165, 1.54) is 9.13 Å². The number of nitrogens with zero attached hydrogens (tertiary/aromatic N) is 5. The molecule has 0 spiro atoms. The fourth-order valence-corrected chi connectivity index (χ4v) is 4.23. The summed E-state index contributed by atoms with van der Waals surface area (Å²) in [5.74, 6) is 1.84. The smallest absolute Gasteiger partial charge is 0.332 e. The van der Waals surface area contributed by atoms with E-state index in [9.17, 15) is 9.59 Å². The average Bonchev–Trinajstić information content (AvgIpc) is 3.29. The summed E-state index contributed by atoms with van der Waals surface area (Å²) in [5, 5.41) is 0. The molecule has 32 heavy (non-hydrogen) atoms. The van der Waals surface area contributed by atoms with Gasteiger partial charge >= 0.3 is 5.69 Å². The lowest BCUT2D eigenvalue weighted by molar-refractivity contribution is 0.393. The van der Waals surface area contributed by atoms with Crippen LogP contribution < -0.4 is 20.7 Å². The molecule has 3 aromatic heterocycles. The molecule has 0 radical (unpaired) electrons. The first-order valence-corrected chi connectivity index (χ1v) is 10.8. The first-order chi connectivity index (χ1) is 15.3. The molecule has 0 saturated carbocycles. The maximum absolute atomic E-state index is 13.4. The molecule has 4 aromatic rings. The quantitative estimate of drug-likeness (QED) is 0.414. The second-order valence-electron chi connectivity index (χ2n) is 7.97. The van der Waals surface area contributed by atoms with Crippen molar-refractivity contribution in [2.24, 2.45) is 7.05 Å². The molecule has 0 fully saturated rings. The van der Waals surface area contributed by atoms with Crippen molar-refractivity contribution in [2.75, 3.05) is 14.2 Å². The summed E-state index contributed by atoms with van der Waals surface area (Å²) in [6, 6.07) is 5.55. The molecule has 9 nitrogen and oxygen atoms in total. The summed E-state index contributed by atoms with van der Waals surface area (Å²) < 4.78 is 17.5. The van der Waals surface area contributed by atoms with Crippen molar-refractivity contribution in [3.05, 3.63) is 50.4 Å². The molecule has 0 amide bonds. The number of aryl methyl sites for hydroxylation is 2. The summed E-state index contributed by atoms with van der Waals surface area (Å²) in [6.45, 7) is 6.41. The first kappa shape index (κ1) is 21.7. The number of imidazole rings is 2. The van der Waals surface area contributed by atoms with E-state index in [2.05, 4.69) is 6.92 Å². The van der Waals surface area contributed by atoms with E-state index < -0.39 is 0 Å². The van der Waals surface area contributed by atoms with Gasteiger partial charge in [-0.3, -0.25) is 22.9 Å². The summed E-state index contributed by atoms with van der Waals surface area (Å²) in [7, 11) is 4.86. The molecule has 1 aromatic carbocycles. The standard InChI is InChI=1S/C23H29N5O4/c1-7-8-9-12-26-21(29)19-20(25(4)23(26)30)24-22-27(14(2)15(3)28(19)22)17-11-10-16(31-5)13-18(17)32-6/h10-11,13H,7-9,12H2,1-6H3. The molecule has 0 atom stereocenters. The number of benzene rings is 1. The van der Waals surface area contributed by atoms with Gasteiger partial charge in [0.1, 0.15) is 11.5 Å². The minimum absolute atomic E-state index is 0.311. The lowest BCUT2D eigenvalue weighted by Crippen LogP contribution is -2.39. The van der Waals surface area contributed by atoms with Crippen LogP contribution in [0.15, 0.2) is 27.8 Å². The lowest BCUT2D eigenvalue weighted by atomic mass is 10.2. The SMILES string of the molecule is CCCCCn1c(=O)c2c(nc3n(-c4ccc(OC)cc4OC)c(C)c(C)n23)n(C)c1=O. The molecule has 0 N–H and O–H groups in total. The maximum Gasteiger partial charge on any atom is 0.332 e. The molecule has 0 unspecified atom stereocenters. The molecule has 0 bridgehead atoms. The third-order valence-corrected chi connectivity index (χ3v) is 6.13. The van der Waals surface area contributed by atoms with Crippen molar-refractivity contribution in [3.63, 3.8) is 0 Å². The van der Waals surface area contributed by atoms with Crippen molar-refractivity contribution in [1.29, 1.82) is 0 Å². The van der Waals surface area contributed by atoms with Crippen LogP contribution >= 0.6 is 0 Å². The van der Waals surface area contributed by atoms with Crippen molar-refractivity contribution in [2.45, 2.75) is 46.6 Å². The van der Waals surface area contributed by atoms with Gasteiger partial charge in [-0.25, -0.2) is 4.79 Å². The van der Waals surface area contributed by atoms with Gasteiger partial charge in [0.25, 0.3) is 5.56 Å². The molecule has 0 saturated heterocycles. The average molecular weight is 440 g/mol. The van der Waals surface area contributed by atoms with Gasteiger partial charge in [-0.1, -0.05) is 19.8 Å². The van der Waals surface area contributed by atoms with Crippen molar-refractivity contribution in [3.8, 4) is 17.2 Å². The van der Waals surface area contributed by atoms with E-state index in [1.807, 2.05) is 34.9 Å². The molecular formula is C23H29N5O4. The first-order valence-electron chi connectivity index (χ1n) is 10.8. The Balaban J connectivity index is 2.07. The fraction of sp³-hybridized carbons (Fsp3) is 0.435. The van der Waals surface area contributed by atoms with Crippen LogP contribution in [0.25, 0.3) is 22.6 Å². The van der Waals surface area contributed by atoms with Crippen molar-refractivity contribution >= 4 is 16.9 Å². The molecule has 3 heterocycles. The minimum Gasteiger partial charge on any atom is -0.497 e. The fourth-order valence-electron chi connectivity index (χ4n) is 4.23. The largest absolute Gasteiger partial charge is 0.497 e. The summed E-state index contributed by atoms with van der Waals surface area (Å²) in [6.07, 6.45) is 2.75. The number of hydrogen-bond donors (Lipinski definition) is 0. The van der Waals surface area contributed by atoms with Crippen LogP contribution in [-0.2, 0) is 13.6 Å². The highest BCUT2D eigenvalue weighted by atomic mass is 16.5. The second kappa shape index (κ2) is 8.22. The highest BCUT2D eigenvalue weighted by molar-refractivity contribution is 5.77. The number of unbranched alkanes of at least 4 members (excludes halogenated alkanes) is 2. The third kappa shape index (κ3) is 3.11. The molecule has 0 aliphatic carbocycles. The number of fused-ring (bicyclic) bond motifs is 3. The van der Waals surface area contributed by atoms with Crippen LogP contribution in [0.1, 0.15) is 37.6 Å². The predicted molar refractivity (Wildman–Crippen MR) is 124 cm³/mol. The lowest BCUT2D eigenvalue weighted by Gasteiger charge is -2.13. The van der Waals surface area contributed by atoms with E-state index >= 15 is 0 Å². The number of rotatable bonds is 7. The Bertz CT molecular complexity index is 1440. The molecule has 0 aliphatic rings. The predicted octanol–water partition coefficient (Wildman–Crippen LogP) is 2.96. The van der Waals surface area contributed by atoms with Gasteiger partial charge in [-0.05, 0) is 32.4 Å². The highest BCUT2D eigenvalue weighted by Crippen LogP contribution is 2.32. The number of hydrogen-bond acceptors (Lipinski definition) is 5. The van der Waals surface area contributed by atoms with Crippen LogP contribution in [0.3, 0.4) is 0 Å². The number of ether oxygens (including phenoxy) is 2. The monoisotopic (exact) mass is 439 g/mol. The van der Waals surface area contributed by atoms with E-state index in [0.717, 1.165) is 36.3 Å². The van der Waals surface area contributed by atoms with Crippen molar-refractivity contribution < 1.29 is 9.47 Å². The Morgan fingerprint density at radius 3 is 2.44 bits per heavy atom. The molecule has 9 heteroatoms. The van der Waals surface area contributed by atoms with Gasteiger partial charge in [0.15, 0.2) is 11.2 Å². The van der Waals surface area contributed by atoms with E-state index in [4.69, 9.17) is 14.5 Å². The number of methoxy groups -OCH3 is 2. The Hall–Kier alpha value is -3.49. The Labute approximate surface area is 185 Å². The van der Waals surface area contributed by atoms with Crippen molar-refractivity contribution in [1.82, 2.24) is 23.1 Å². The van der Waals surface area contributed by atoms with Gasteiger partial charge in [-0.15, -0.1) is 0 Å². The summed E-state index contributed by atoms with van der Waals surface area (Å²) in [5.41, 5.74) is 2.68. The maximum atomic E-state index is 13.4. The van der Waals surface area contributed by atoms with Gasteiger partial charge in [-0.2, -0.15) is 4.98 Å². The zero-order valence-electron chi connectivity index (χ0n) is 19.4. The topological polar surface area (TPSA) is 84.7 Å². The Morgan fingerprint density at radius 2 is 1.78 bits per heavy atom. The van der Waals surface area contributed by atoms with Crippen LogP contribution in [0.4, 0.5) is 0 Å². The van der Waals surface area contributed by atoms with E-state index in [-0.39, 0.29) is 11.2 Å². The Kier molecular flexibility index (Phi) is 5.58. The molecule has 4 rings (SSSR count). The normalized spacial score (nSPS) is 11.6. The van der Waals surface area contributed by atoms with Gasteiger partial charge < -0.3 is 9.47 Å².